The topological polar surface area (TPSA) is 71.1 Å². The molecular formula is C12H14O6S. The molecule has 0 aromatic heterocycles. The Morgan fingerprint density at radius 3 is 2.74 bits per heavy atom. The maximum Gasteiger partial charge on any atom is 0.400 e. The second-order valence-corrected chi connectivity index (χ2v) is 6.01. The molecule has 6 nitrogen and oxygen atoms in total. The second-order valence-electron chi connectivity index (χ2n) is 4.76. The van der Waals surface area contributed by atoms with E-state index in [0.717, 1.165) is 5.56 Å². The van der Waals surface area contributed by atoms with Gasteiger partial charge in [0.15, 0.2) is 6.29 Å². The fraction of sp³-hybridized carbons (Fsp3) is 0.500. The van der Waals surface area contributed by atoms with Crippen molar-refractivity contribution in [3.8, 4) is 0 Å². The summed E-state index contributed by atoms with van der Waals surface area (Å²) in [5.41, 5.74) is 0.0278. The van der Waals surface area contributed by atoms with Gasteiger partial charge in [0.05, 0.1) is 6.61 Å². The molecule has 0 amide bonds. The molecule has 2 fully saturated rings. The quantitative estimate of drug-likeness (QED) is 0.771. The summed E-state index contributed by atoms with van der Waals surface area (Å²) in [5.74, 6) is 0. The lowest BCUT2D eigenvalue weighted by Gasteiger charge is -2.45. The van der Waals surface area contributed by atoms with Crippen LogP contribution in [0.15, 0.2) is 30.3 Å². The van der Waals surface area contributed by atoms with E-state index in [0.29, 0.717) is 0 Å². The lowest BCUT2D eigenvalue weighted by Crippen LogP contribution is -2.58. The Balaban J connectivity index is 1.80. The molecule has 1 unspecified atom stereocenters. The molecule has 2 aliphatic rings. The maximum absolute atomic E-state index is 11.2. The number of rotatable bonds is 1. The van der Waals surface area contributed by atoms with E-state index in [2.05, 4.69) is 0 Å². The fourth-order valence-electron chi connectivity index (χ4n) is 2.10. The van der Waals surface area contributed by atoms with Gasteiger partial charge in [-0.1, -0.05) is 30.3 Å². The van der Waals surface area contributed by atoms with Gasteiger partial charge in [-0.2, -0.15) is 8.42 Å². The van der Waals surface area contributed by atoms with Crippen molar-refractivity contribution < 1.29 is 26.3 Å². The zero-order chi connectivity index (χ0) is 13.5. The summed E-state index contributed by atoms with van der Waals surface area (Å²) in [7, 11) is -3.93. The van der Waals surface area contributed by atoms with Crippen molar-refractivity contribution in [1.82, 2.24) is 0 Å². The van der Waals surface area contributed by atoms with Gasteiger partial charge in [-0.3, -0.25) is 0 Å². The number of benzene rings is 1. The lowest BCUT2D eigenvalue weighted by molar-refractivity contribution is -0.305. The predicted octanol–water partition coefficient (Wildman–Crippen LogP) is 1.15. The highest BCUT2D eigenvalue weighted by atomic mass is 32.3. The first-order chi connectivity index (χ1) is 8.99. The summed E-state index contributed by atoms with van der Waals surface area (Å²) in [6.45, 7) is 1.82. The molecule has 19 heavy (non-hydrogen) atoms. The summed E-state index contributed by atoms with van der Waals surface area (Å²) in [4.78, 5) is 0. The minimum Gasteiger partial charge on any atom is -0.345 e. The van der Waals surface area contributed by atoms with Crippen LogP contribution in [-0.2, 0) is 28.2 Å². The van der Waals surface area contributed by atoms with Crippen LogP contribution in [0.3, 0.4) is 0 Å². The molecule has 2 saturated heterocycles. The number of fused-ring (bicyclic) bond motifs is 1. The first kappa shape index (κ1) is 13.0. The third-order valence-corrected chi connectivity index (χ3v) is 4.13. The van der Waals surface area contributed by atoms with E-state index in [1.807, 2.05) is 30.3 Å². The third kappa shape index (κ3) is 2.52. The summed E-state index contributed by atoms with van der Waals surface area (Å²) in [5, 5.41) is 0. The van der Waals surface area contributed by atoms with Gasteiger partial charge in [-0.05, 0) is 6.92 Å². The molecule has 1 aromatic carbocycles. The molecule has 3 rings (SSSR count). The second kappa shape index (κ2) is 4.53. The Hall–Kier alpha value is -0.990. The fourth-order valence-corrected chi connectivity index (χ4v) is 3.07. The molecule has 0 bridgehead atoms. The Labute approximate surface area is 111 Å². The Morgan fingerprint density at radius 2 is 2.00 bits per heavy atom. The van der Waals surface area contributed by atoms with Crippen molar-refractivity contribution in [3.63, 3.8) is 0 Å². The van der Waals surface area contributed by atoms with E-state index in [4.69, 9.17) is 17.8 Å². The van der Waals surface area contributed by atoms with Gasteiger partial charge in [0, 0.05) is 5.56 Å². The molecule has 7 heteroatoms. The van der Waals surface area contributed by atoms with Crippen LogP contribution in [-0.4, -0.2) is 33.3 Å². The van der Waals surface area contributed by atoms with Gasteiger partial charge in [0.25, 0.3) is 0 Å². The summed E-state index contributed by atoms with van der Waals surface area (Å²) in [6.07, 6.45) is -1.23. The van der Waals surface area contributed by atoms with Crippen molar-refractivity contribution in [2.75, 3.05) is 13.2 Å². The highest BCUT2D eigenvalue weighted by Crippen LogP contribution is 2.37. The van der Waals surface area contributed by atoms with Crippen LogP contribution in [0.5, 0.6) is 0 Å². The normalized spacial score (nSPS) is 37.5. The summed E-state index contributed by atoms with van der Waals surface area (Å²) >= 11 is 0. The third-order valence-electron chi connectivity index (χ3n) is 3.25. The van der Waals surface area contributed by atoms with Crippen LogP contribution >= 0.6 is 0 Å². The van der Waals surface area contributed by atoms with E-state index in [9.17, 15) is 8.42 Å². The largest absolute Gasteiger partial charge is 0.400 e. The van der Waals surface area contributed by atoms with E-state index in [1.165, 1.54) is 0 Å². The van der Waals surface area contributed by atoms with Crippen LogP contribution < -0.4 is 0 Å². The minimum absolute atomic E-state index is 0.0767. The number of hydrogen-bond acceptors (Lipinski definition) is 6. The molecule has 0 radical (unpaired) electrons. The molecule has 0 spiro atoms. The van der Waals surface area contributed by atoms with E-state index in [-0.39, 0.29) is 13.2 Å². The average molecular weight is 286 g/mol. The zero-order valence-corrected chi connectivity index (χ0v) is 11.1. The molecule has 104 valence electrons. The Bertz CT molecular complexity index is 557. The van der Waals surface area contributed by atoms with Crippen molar-refractivity contribution >= 4 is 10.4 Å². The maximum atomic E-state index is 11.2. The van der Waals surface area contributed by atoms with Gasteiger partial charge in [-0.15, -0.1) is 0 Å². The summed E-state index contributed by atoms with van der Waals surface area (Å²) < 4.78 is 43.4. The van der Waals surface area contributed by atoms with E-state index < -0.39 is 28.4 Å². The van der Waals surface area contributed by atoms with Gasteiger partial charge < -0.3 is 9.47 Å². The molecule has 0 saturated carbocycles. The number of hydrogen-bond donors (Lipinski definition) is 0. The Morgan fingerprint density at radius 1 is 1.26 bits per heavy atom. The Kier molecular flexibility index (Phi) is 3.11. The van der Waals surface area contributed by atoms with Crippen LogP contribution in [0.2, 0.25) is 0 Å². The highest BCUT2D eigenvalue weighted by Gasteiger charge is 2.50. The predicted molar refractivity (Wildman–Crippen MR) is 64.4 cm³/mol. The SMILES string of the molecule is C[C@]12COS(=O)(=O)O[C@H]1COC(c1ccccc1)O2. The van der Waals surface area contributed by atoms with Gasteiger partial charge in [-0.25, -0.2) is 8.37 Å². The first-order valence-electron chi connectivity index (χ1n) is 5.91. The van der Waals surface area contributed by atoms with Crippen LogP contribution in [0.1, 0.15) is 18.8 Å². The van der Waals surface area contributed by atoms with Crippen LogP contribution in [0, 0.1) is 0 Å². The van der Waals surface area contributed by atoms with Crippen molar-refractivity contribution in [2.24, 2.45) is 0 Å². The molecule has 0 N–H and O–H groups in total. The van der Waals surface area contributed by atoms with E-state index in [1.54, 1.807) is 6.92 Å². The zero-order valence-electron chi connectivity index (χ0n) is 10.3. The van der Waals surface area contributed by atoms with Crippen molar-refractivity contribution in [3.05, 3.63) is 35.9 Å². The summed E-state index contributed by atoms with van der Waals surface area (Å²) in [6, 6.07) is 9.44. The molecular weight excluding hydrogens is 272 g/mol. The molecule has 2 aliphatic heterocycles. The van der Waals surface area contributed by atoms with Gasteiger partial charge in [0.2, 0.25) is 0 Å². The van der Waals surface area contributed by atoms with Gasteiger partial charge in [0.1, 0.15) is 18.3 Å². The monoisotopic (exact) mass is 286 g/mol. The number of ether oxygens (including phenoxy) is 2. The van der Waals surface area contributed by atoms with Crippen molar-refractivity contribution in [2.45, 2.75) is 24.9 Å². The van der Waals surface area contributed by atoms with Gasteiger partial charge >= 0.3 is 10.4 Å². The molecule has 1 aromatic rings. The van der Waals surface area contributed by atoms with Crippen molar-refractivity contribution in [1.29, 1.82) is 0 Å². The minimum atomic E-state index is -3.93. The smallest absolute Gasteiger partial charge is 0.345 e. The van der Waals surface area contributed by atoms with E-state index >= 15 is 0 Å². The average Bonchev–Trinajstić information content (AvgIpc) is 2.40. The first-order valence-corrected chi connectivity index (χ1v) is 7.24. The molecule has 2 heterocycles. The standard InChI is InChI=1S/C12H14O6S/c1-12-8-16-19(13,14)18-10(12)7-15-11(17-12)9-5-3-2-4-6-9/h2-6,10-11H,7-8H2,1H3/t10-,11?,12-/m0/s1. The molecule has 0 aliphatic carbocycles. The lowest BCUT2D eigenvalue weighted by atomic mass is 9.99. The molecule has 3 atom stereocenters. The van der Waals surface area contributed by atoms with Crippen LogP contribution in [0.4, 0.5) is 0 Å². The highest BCUT2D eigenvalue weighted by molar-refractivity contribution is 7.81. The van der Waals surface area contributed by atoms with Crippen LogP contribution in [0.25, 0.3) is 0 Å².